The minimum Gasteiger partial charge on any atom is -0.371 e. The molecule has 1 aliphatic carbocycles. The first-order valence-corrected chi connectivity index (χ1v) is 8.08. The van der Waals surface area contributed by atoms with Crippen molar-refractivity contribution in [3.05, 3.63) is 35.4 Å². The van der Waals surface area contributed by atoms with Crippen LogP contribution in [-0.2, 0) is 27.4 Å². The number of rotatable bonds is 3. The Kier molecular flexibility index (Phi) is 4.57. The van der Waals surface area contributed by atoms with E-state index in [9.17, 15) is 9.59 Å². The monoisotopic (exact) mass is 301 g/mol. The van der Waals surface area contributed by atoms with Crippen LogP contribution in [0.1, 0.15) is 36.8 Å². The molecule has 118 valence electrons. The maximum atomic E-state index is 12.5. The predicted octanol–water partition coefficient (Wildman–Crippen LogP) is 2.35. The lowest BCUT2D eigenvalue weighted by Gasteiger charge is -2.31. The molecule has 0 aromatic heterocycles. The first-order chi connectivity index (χ1) is 10.6. The van der Waals surface area contributed by atoms with Crippen LogP contribution in [0.3, 0.4) is 0 Å². The highest BCUT2D eigenvalue weighted by atomic mass is 16.5. The van der Waals surface area contributed by atoms with E-state index in [1.54, 1.807) is 4.90 Å². The highest BCUT2D eigenvalue weighted by Crippen LogP contribution is 2.25. The van der Waals surface area contributed by atoms with E-state index in [-0.39, 0.29) is 17.9 Å². The molecule has 4 heteroatoms. The molecule has 1 heterocycles. The molecule has 1 amide bonds. The van der Waals surface area contributed by atoms with Crippen LogP contribution < -0.4 is 0 Å². The van der Waals surface area contributed by atoms with Crippen molar-refractivity contribution in [2.24, 2.45) is 5.92 Å². The van der Waals surface area contributed by atoms with Gasteiger partial charge in [-0.15, -0.1) is 0 Å². The van der Waals surface area contributed by atoms with Gasteiger partial charge in [-0.05, 0) is 24.0 Å². The van der Waals surface area contributed by atoms with Crippen LogP contribution in [0.15, 0.2) is 24.3 Å². The first-order valence-electron chi connectivity index (χ1n) is 8.08. The molecule has 1 aromatic carbocycles. The number of hydrogen-bond acceptors (Lipinski definition) is 3. The second-order valence-electron chi connectivity index (χ2n) is 6.44. The van der Waals surface area contributed by atoms with Crippen LogP contribution in [0.5, 0.6) is 0 Å². The van der Waals surface area contributed by atoms with Gasteiger partial charge in [0.15, 0.2) is 0 Å². The summed E-state index contributed by atoms with van der Waals surface area (Å²) in [5.41, 5.74) is 2.57. The minimum absolute atomic E-state index is 0.0126. The van der Waals surface area contributed by atoms with Crippen molar-refractivity contribution in [2.45, 2.75) is 44.8 Å². The molecule has 2 aliphatic rings. The number of ether oxygens (including phenoxy) is 1. The van der Waals surface area contributed by atoms with E-state index in [2.05, 4.69) is 18.2 Å². The fraction of sp³-hybridized carbons (Fsp3) is 0.556. The Morgan fingerprint density at radius 1 is 1.23 bits per heavy atom. The number of hydrogen-bond donors (Lipinski definition) is 0. The smallest absolute Gasteiger partial charge is 0.225 e. The number of fused-ring (bicyclic) bond motifs is 1. The zero-order valence-corrected chi connectivity index (χ0v) is 13.1. The molecule has 3 rings (SSSR count). The van der Waals surface area contributed by atoms with Crippen molar-refractivity contribution >= 4 is 11.7 Å². The number of carbonyl (C=O) groups is 2. The van der Waals surface area contributed by atoms with Crippen LogP contribution in [0.2, 0.25) is 0 Å². The molecule has 1 aromatic rings. The predicted molar refractivity (Wildman–Crippen MR) is 83.3 cm³/mol. The van der Waals surface area contributed by atoms with Gasteiger partial charge >= 0.3 is 0 Å². The van der Waals surface area contributed by atoms with Crippen LogP contribution in [0.4, 0.5) is 0 Å². The number of Topliss-reactive ketones (excluding diaryl/α,β-unsaturated/α-hetero) is 1. The first kappa shape index (κ1) is 15.2. The average molecular weight is 301 g/mol. The Morgan fingerprint density at radius 3 is 2.64 bits per heavy atom. The third kappa shape index (κ3) is 3.38. The lowest BCUT2D eigenvalue weighted by atomic mass is 9.87. The van der Waals surface area contributed by atoms with Crippen molar-refractivity contribution in [3.8, 4) is 0 Å². The minimum atomic E-state index is 0.0126. The van der Waals surface area contributed by atoms with E-state index in [1.807, 2.05) is 13.1 Å². The number of likely N-dealkylation sites (N-methyl/N-ethyl adjacent to an activating group) is 1. The van der Waals surface area contributed by atoms with Gasteiger partial charge in [-0.2, -0.15) is 0 Å². The molecule has 0 radical (unpaired) electrons. The van der Waals surface area contributed by atoms with E-state index in [1.165, 1.54) is 11.1 Å². The summed E-state index contributed by atoms with van der Waals surface area (Å²) in [6.45, 7) is 1.25. The summed E-state index contributed by atoms with van der Waals surface area (Å²) in [7, 11) is 1.85. The van der Waals surface area contributed by atoms with Gasteiger partial charge in [0.25, 0.3) is 0 Å². The summed E-state index contributed by atoms with van der Waals surface area (Å²) in [4.78, 5) is 25.6. The lowest BCUT2D eigenvalue weighted by Crippen LogP contribution is -2.41. The number of carbonyl (C=O) groups excluding carboxylic acids is 2. The molecule has 1 atom stereocenters. The third-order valence-corrected chi connectivity index (χ3v) is 4.79. The standard InChI is InChI=1S/C18H23NO3/c1-19(18(21)13-6-8-16(20)9-7-13)11-17-10-14-4-2-3-5-15(14)12-22-17/h2-5,13,17H,6-12H2,1H3. The molecule has 0 N–H and O–H groups in total. The fourth-order valence-electron chi connectivity index (χ4n) is 3.42. The van der Waals surface area contributed by atoms with Gasteiger partial charge in [0.05, 0.1) is 12.7 Å². The Balaban J connectivity index is 1.55. The van der Waals surface area contributed by atoms with Crippen LogP contribution in [0.25, 0.3) is 0 Å². The molecule has 0 spiro atoms. The third-order valence-electron chi connectivity index (χ3n) is 4.79. The van der Waals surface area contributed by atoms with Crippen molar-refractivity contribution in [2.75, 3.05) is 13.6 Å². The van der Waals surface area contributed by atoms with Crippen LogP contribution >= 0.6 is 0 Å². The van der Waals surface area contributed by atoms with E-state index < -0.39 is 0 Å². The van der Waals surface area contributed by atoms with Gasteiger partial charge in [-0.25, -0.2) is 0 Å². The van der Waals surface area contributed by atoms with E-state index >= 15 is 0 Å². The lowest BCUT2D eigenvalue weighted by molar-refractivity contribution is -0.138. The summed E-state index contributed by atoms with van der Waals surface area (Å²) in [5.74, 6) is 0.465. The van der Waals surface area contributed by atoms with Crippen molar-refractivity contribution in [1.82, 2.24) is 4.90 Å². The summed E-state index contributed by atoms with van der Waals surface area (Å²) in [6.07, 6.45) is 3.44. The Bertz CT molecular complexity index is 559. The maximum Gasteiger partial charge on any atom is 0.225 e. The number of nitrogens with zero attached hydrogens (tertiary/aromatic N) is 1. The van der Waals surface area contributed by atoms with E-state index in [0.29, 0.717) is 44.6 Å². The van der Waals surface area contributed by atoms with Crippen molar-refractivity contribution in [1.29, 1.82) is 0 Å². The molecule has 0 saturated heterocycles. The molecule has 1 aliphatic heterocycles. The zero-order valence-electron chi connectivity index (χ0n) is 13.1. The molecule has 0 bridgehead atoms. The molecule has 22 heavy (non-hydrogen) atoms. The summed E-state index contributed by atoms with van der Waals surface area (Å²) < 4.78 is 5.88. The number of ketones is 1. The topological polar surface area (TPSA) is 46.6 Å². The largest absolute Gasteiger partial charge is 0.371 e. The molecule has 1 saturated carbocycles. The summed E-state index contributed by atoms with van der Waals surface area (Å²) in [5, 5.41) is 0. The Hall–Kier alpha value is -1.68. The molecular weight excluding hydrogens is 278 g/mol. The normalized spacial score (nSPS) is 22.2. The second-order valence-corrected chi connectivity index (χ2v) is 6.44. The van der Waals surface area contributed by atoms with Crippen LogP contribution in [0, 0.1) is 5.92 Å². The SMILES string of the molecule is CN(CC1Cc2ccccc2CO1)C(=O)C1CCC(=O)CC1. The maximum absolute atomic E-state index is 12.5. The Labute approximate surface area is 131 Å². The number of amides is 1. The Morgan fingerprint density at radius 2 is 1.91 bits per heavy atom. The molecule has 4 nitrogen and oxygen atoms in total. The van der Waals surface area contributed by atoms with Crippen molar-refractivity contribution < 1.29 is 14.3 Å². The highest BCUT2D eigenvalue weighted by molar-refractivity contribution is 5.84. The van der Waals surface area contributed by atoms with E-state index in [4.69, 9.17) is 4.74 Å². The zero-order chi connectivity index (χ0) is 15.5. The fourth-order valence-corrected chi connectivity index (χ4v) is 3.42. The van der Waals surface area contributed by atoms with Gasteiger partial charge in [-0.1, -0.05) is 24.3 Å². The summed E-state index contributed by atoms with van der Waals surface area (Å²) in [6, 6.07) is 8.32. The van der Waals surface area contributed by atoms with Crippen molar-refractivity contribution in [3.63, 3.8) is 0 Å². The van der Waals surface area contributed by atoms with Crippen LogP contribution in [-0.4, -0.2) is 36.3 Å². The summed E-state index contributed by atoms with van der Waals surface area (Å²) >= 11 is 0. The molecular formula is C18H23NO3. The highest BCUT2D eigenvalue weighted by Gasteiger charge is 2.29. The van der Waals surface area contributed by atoms with Gasteiger partial charge in [-0.3, -0.25) is 9.59 Å². The van der Waals surface area contributed by atoms with Gasteiger partial charge in [0.1, 0.15) is 5.78 Å². The molecule has 1 unspecified atom stereocenters. The van der Waals surface area contributed by atoms with E-state index in [0.717, 1.165) is 6.42 Å². The quantitative estimate of drug-likeness (QED) is 0.861. The average Bonchev–Trinajstić information content (AvgIpc) is 2.55. The number of benzene rings is 1. The second kappa shape index (κ2) is 6.61. The van der Waals surface area contributed by atoms with Gasteiger partial charge < -0.3 is 9.64 Å². The molecule has 1 fully saturated rings. The van der Waals surface area contributed by atoms with Gasteiger partial charge in [0.2, 0.25) is 5.91 Å². The van der Waals surface area contributed by atoms with Gasteiger partial charge in [0, 0.05) is 38.8 Å².